The van der Waals surface area contributed by atoms with E-state index in [1.165, 1.54) is 5.56 Å². The van der Waals surface area contributed by atoms with E-state index >= 15 is 0 Å². The first kappa shape index (κ1) is 7.13. The molecular formula is C11H11NO. The number of rotatable bonds is 0. The van der Waals surface area contributed by atoms with E-state index < -0.39 is 0 Å². The zero-order chi connectivity index (χ0) is 9.00. The molecule has 2 heteroatoms. The number of nitrogens with two attached hydrogens (primary N) is 1. The van der Waals surface area contributed by atoms with Crippen LogP contribution in [0.25, 0.3) is 0 Å². The number of hydrogen-bond donors (Lipinski definition) is 1. The van der Waals surface area contributed by atoms with Gasteiger partial charge in [0.15, 0.2) is 0 Å². The molecule has 2 aliphatic rings. The van der Waals surface area contributed by atoms with Crippen LogP contribution < -0.4 is 5.73 Å². The second kappa shape index (κ2) is 2.13. The molecule has 1 aromatic carbocycles. The van der Waals surface area contributed by atoms with Crippen LogP contribution in [0.2, 0.25) is 0 Å². The molecule has 2 aliphatic carbocycles. The van der Waals surface area contributed by atoms with Crippen molar-refractivity contribution in [3.8, 4) is 0 Å². The Bertz CT molecular complexity index is 397. The minimum atomic E-state index is 0.126. The minimum Gasteiger partial charge on any atom is -0.398 e. The monoisotopic (exact) mass is 173 g/mol. The zero-order valence-electron chi connectivity index (χ0n) is 7.29. The highest BCUT2D eigenvalue weighted by atomic mass is 16.1. The van der Waals surface area contributed by atoms with E-state index in [4.69, 9.17) is 5.73 Å². The molecule has 1 saturated carbocycles. The minimum absolute atomic E-state index is 0.126. The van der Waals surface area contributed by atoms with Gasteiger partial charge in [0, 0.05) is 18.0 Å². The topological polar surface area (TPSA) is 43.1 Å². The summed E-state index contributed by atoms with van der Waals surface area (Å²) in [4.78, 5) is 11.5. The molecule has 0 amide bonds. The molecule has 2 unspecified atom stereocenters. The van der Waals surface area contributed by atoms with Gasteiger partial charge in [0.25, 0.3) is 0 Å². The Morgan fingerprint density at radius 3 is 3.08 bits per heavy atom. The Balaban J connectivity index is 2.27. The molecule has 2 bridgehead atoms. The van der Waals surface area contributed by atoms with Crippen molar-refractivity contribution in [2.75, 3.05) is 5.73 Å². The van der Waals surface area contributed by atoms with Crippen LogP contribution in [0.15, 0.2) is 18.2 Å². The summed E-state index contributed by atoms with van der Waals surface area (Å²) < 4.78 is 0. The molecule has 0 saturated heterocycles. The van der Waals surface area contributed by atoms with Crippen LogP contribution in [-0.4, -0.2) is 5.78 Å². The maximum absolute atomic E-state index is 11.5. The van der Waals surface area contributed by atoms with Gasteiger partial charge in [0.05, 0.1) is 0 Å². The van der Waals surface area contributed by atoms with Gasteiger partial charge in [-0.2, -0.15) is 0 Å². The van der Waals surface area contributed by atoms with Crippen LogP contribution in [0, 0.1) is 0 Å². The Hall–Kier alpha value is -1.31. The quantitative estimate of drug-likeness (QED) is 0.608. The van der Waals surface area contributed by atoms with Crippen molar-refractivity contribution < 1.29 is 4.79 Å². The Kier molecular flexibility index (Phi) is 1.17. The fourth-order valence-electron chi connectivity index (χ4n) is 2.76. The van der Waals surface area contributed by atoms with Gasteiger partial charge in [-0.15, -0.1) is 0 Å². The van der Waals surface area contributed by atoms with Crippen LogP contribution in [0.3, 0.4) is 0 Å². The molecule has 1 fully saturated rings. The number of ketones is 1. The number of carbonyl (C=O) groups excluding carboxylic acids is 1. The maximum Gasteiger partial charge on any atom is 0.141 e. The van der Waals surface area contributed by atoms with Crippen molar-refractivity contribution in [3.63, 3.8) is 0 Å². The van der Waals surface area contributed by atoms with E-state index in [2.05, 4.69) is 6.07 Å². The number of benzene rings is 1. The number of anilines is 1. The normalized spacial score (nSPS) is 29.4. The third-order valence-electron chi connectivity index (χ3n) is 3.32. The van der Waals surface area contributed by atoms with E-state index in [0.717, 1.165) is 24.1 Å². The van der Waals surface area contributed by atoms with E-state index in [1.807, 2.05) is 12.1 Å². The van der Waals surface area contributed by atoms with Crippen LogP contribution in [-0.2, 0) is 4.79 Å². The average Bonchev–Trinajstić information content (AvgIpc) is 2.62. The lowest BCUT2D eigenvalue weighted by molar-refractivity contribution is -0.118. The van der Waals surface area contributed by atoms with E-state index in [-0.39, 0.29) is 5.92 Å². The van der Waals surface area contributed by atoms with E-state index in [1.54, 1.807) is 0 Å². The number of nitrogen functional groups attached to an aromatic ring is 1. The molecule has 0 aromatic heterocycles. The first-order chi connectivity index (χ1) is 6.27. The lowest BCUT2D eigenvalue weighted by atomic mass is 9.90. The van der Waals surface area contributed by atoms with E-state index in [0.29, 0.717) is 11.7 Å². The molecule has 0 spiro atoms. The lowest BCUT2D eigenvalue weighted by Crippen LogP contribution is -2.11. The number of carbonyl (C=O) groups is 1. The van der Waals surface area contributed by atoms with Gasteiger partial charge in [-0.05, 0) is 29.5 Å². The summed E-state index contributed by atoms with van der Waals surface area (Å²) in [5, 5.41) is 0. The predicted octanol–water partition coefficient (Wildman–Crippen LogP) is 1.81. The van der Waals surface area contributed by atoms with Crippen molar-refractivity contribution in [2.45, 2.75) is 24.7 Å². The molecule has 13 heavy (non-hydrogen) atoms. The summed E-state index contributed by atoms with van der Waals surface area (Å²) in [7, 11) is 0. The molecule has 0 radical (unpaired) electrons. The third-order valence-corrected chi connectivity index (χ3v) is 3.32. The largest absolute Gasteiger partial charge is 0.398 e. The molecule has 2 atom stereocenters. The van der Waals surface area contributed by atoms with E-state index in [9.17, 15) is 4.79 Å². The van der Waals surface area contributed by atoms with Crippen molar-refractivity contribution in [1.29, 1.82) is 0 Å². The molecule has 0 aliphatic heterocycles. The van der Waals surface area contributed by atoms with Gasteiger partial charge in [-0.3, -0.25) is 4.79 Å². The number of fused-ring (bicyclic) bond motifs is 5. The van der Waals surface area contributed by atoms with Crippen LogP contribution in [0.5, 0.6) is 0 Å². The average molecular weight is 173 g/mol. The summed E-state index contributed by atoms with van der Waals surface area (Å²) >= 11 is 0. The van der Waals surface area contributed by atoms with Crippen molar-refractivity contribution in [3.05, 3.63) is 29.3 Å². The molecule has 66 valence electrons. The number of Topliss-reactive ketones (excluding diaryl/α,β-unsaturated/α-hetero) is 1. The molecule has 2 nitrogen and oxygen atoms in total. The molecule has 1 aromatic rings. The maximum atomic E-state index is 11.5. The number of hydrogen-bond acceptors (Lipinski definition) is 2. The summed E-state index contributed by atoms with van der Waals surface area (Å²) in [6, 6.07) is 5.99. The second-order valence-corrected chi connectivity index (χ2v) is 4.01. The molecule has 2 N–H and O–H groups in total. The molecule has 3 rings (SSSR count). The van der Waals surface area contributed by atoms with Gasteiger partial charge >= 0.3 is 0 Å². The van der Waals surface area contributed by atoms with Crippen molar-refractivity contribution in [2.24, 2.45) is 0 Å². The second-order valence-electron chi connectivity index (χ2n) is 4.01. The summed E-state index contributed by atoms with van der Waals surface area (Å²) in [6.45, 7) is 0. The van der Waals surface area contributed by atoms with Gasteiger partial charge in [0.1, 0.15) is 5.78 Å². The highest BCUT2D eigenvalue weighted by Crippen LogP contribution is 2.52. The highest BCUT2D eigenvalue weighted by Gasteiger charge is 2.43. The van der Waals surface area contributed by atoms with Crippen molar-refractivity contribution >= 4 is 11.5 Å². The Morgan fingerprint density at radius 2 is 2.23 bits per heavy atom. The van der Waals surface area contributed by atoms with Crippen LogP contribution in [0.4, 0.5) is 5.69 Å². The highest BCUT2D eigenvalue weighted by molar-refractivity contribution is 5.93. The SMILES string of the molecule is Nc1cccc2c1C1CC2CC1=O. The third kappa shape index (κ3) is 0.755. The zero-order valence-corrected chi connectivity index (χ0v) is 7.29. The van der Waals surface area contributed by atoms with Crippen LogP contribution in [0.1, 0.15) is 35.8 Å². The summed E-state index contributed by atoms with van der Waals surface area (Å²) in [5.74, 6) is 0.979. The Morgan fingerprint density at radius 1 is 1.38 bits per heavy atom. The molecular weight excluding hydrogens is 162 g/mol. The standard InChI is InChI=1S/C11H11NO/c12-9-3-1-2-7-6-4-8(11(7)9)10(13)5-6/h1-3,6,8H,4-5,12H2. The fourth-order valence-corrected chi connectivity index (χ4v) is 2.76. The van der Waals surface area contributed by atoms with Gasteiger partial charge in [0.2, 0.25) is 0 Å². The molecule has 0 heterocycles. The van der Waals surface area contributed by atoms with Gasteiger partial charge in [-0.1, -0.05) is 12.1 Å². The summed E-state index contributed by atoms with van der Waals surface area (Å²) in [6.07, 6.45) is 1.74. The fraction of sp³-hybridized carbons (Fsp3) is 0.364. The first-order valence-corrected chi connectivity index (χ1v) is 4.68. The van der Waals surface area contributed by atoms with Gasteiger partial charge in [-0.25, -0.2) is 0 Å². The van der Waals surface area contributed by atoms with Crippen LogP contribution >= 0.6 is 0 Å². The Labute approximate surface area is 76.7 Å². The summed E-state index contributed by atoms with van der Waals surface area (Å²) in [5.41, 5.74) is 9.12. The first-order valence-electron chi connectivity index (χ1n) is 4.68. The smallest absolute Gasteiger partial charge is 0.141 e. The predicted molar refractivity (Wildman–Crippen MR) is 50.6 cm³/mol. The van der Waals surface area contributed by atoms with Gasteiger partial charge < -0.3 is 5.73 Å². The lowest BCUT2D eigenvalue weighted by Gasteiger charge is -2.15. The van der Waals surface area contributed by atoms with Crippen molar-refractivity contribution in [1.82, 2.24) is 0 Å².